The van der Waals surface area contributed by atoms with E-state index in [9.17, 15) is 14.7 Å². The van der Waals surface area contributed by atoms with Crippen molar-refractivity contribution >= 4 is 28.3 Å². The van der Waals surface area contributed by atoms with Gasteiger partial charge in [0.15, 0.2) is 0 Å². The molecule has 1 atom stereocenters. The molecule has 0 aliphatic heterocycles. The number of nitrogens with one attached hydrogen (secondary N) is 1. The highest BCUT2D eigenvalue weighted by molar-refractivity contribution is 5.96. The first kappa shape index (κ1) is 16.5. The highest BCUT2D eigenvalue weighted by Crippen LogP contribution is 2.23. The van der Waals surface area contributed by atoms with Crippen LogP contribution in [0.1, 0.15) is 12.8 Å². The van der Waals surface area contributed by atoms with Gasteiger partial charge in [-0.1, -0.05) is 18.2 Å². The second-order valence-corrected chi connectivity index (χ2v) is 5.24. The number of hydrogen-bond donors (Lipinski definition) is 2. The van der Waals surface area contributed by atoms with Crippen LogP contribution in [0.5, 0.6) is 5.75 Å². The number of ether oxygens (including phenoxy) is 1. The van der Waals surface area contributed by atoms with Gasteiger partial charge >= 0.3 is 5.97 Å². The van der Waals surface area contributed by atoms with Crippen LogP contribution in [0.15, 0.2) is 49.1 Å². The molecule has 0 spiro atoms. The number of phenols is 1. The number of fused-ring (bicyclic) bond motifs is 1. The normalized spacial score (nSPS) is 11.7. The maximum atomic E-state index is 12.1. The van der Waals surface area contributed by atoms with Gasteiger partial charge in [-0.05, 0) is 41.5 Å². The number of allylic oxidation sites excluding steroid dienone is 1. The molecule has 0 heterocycles. The average molecular weight is 313 g/mol. The van der Waals surface area contributed by atoms with E-state index in [0.717, 1.165) is 10.8 Å². The Bertz CT molecular complexity index is 739. The number of esters is 1. The Balaban J connectivity index is 2.09. The first-order valence-electron chi connectivity index (χ1n) is 7.25. The number of carbonyl (C=O) groups excluding carboxylic acids is 2. The minimum absolute atomic E-state index is 0.0246. The van der Waals surface area contributed by atoms with Gasteiger partial charge in [-0.15, -0.1) is 6.58 Å². The molecule has 0 radical (unpaired) electrons. The molecular formula is C18H19NO4. The van der Waals surface area contributed by atoms with Gasteiger partial charge in [-0.25, -0.2) is 0 Å². The number of rotatable bonds is 6. The fourth-order valence-electron chi connectivity index (χ4n) is 2.38. The predicted molar refractivity (Wildman–Crippen MR) is 89.2 cm³/mol. The van der Waals surface area contributed by atoms with E-state index in [1.54, 1.807) is 36.4 Å². The number of aromatic hydroxyl groups is 1. The Morgan fingerprint density at radius 1 is 1.26 bits per heavy atom. The number of anilines is 1. The summed E-state index contributed by atoms with van der Waals surface area (Å²) in [6.07, 6.45) is 2.00. The van der Waals surface area contributed by atoms with Crippen LogP contribution in [0.2, 0.25) is 0 Å². The molecule has 1 unspecified atom stereocenters. The predicted octanol–water partition coefficient (Wildman–Crippen LogP) is 3.24. The molecule has 0 saturated heterocycles. The zero-order chi connectivity index (χ0) is 16.8. The molecule has 0 aliphatic rings. The van der Waals surface area contributed by atoms with Gasteiger partial charge < -0.3 is 15.2 Å². The van der Waals surface area contributed by atoms with Gasteiger partial charge in [0.25, 0.3) is 0 Å². The van der Waals surface area contributed by atoms with Crippen molar-refractivity contribution in [1.82, 2.24) is 0 Å². The van der Waals surface area contributed by atoms with Gasteiger partial charge in [0.2, 0.25) is 5.91 Å². The molecule has 120 valence electrons. The van der Waals surface area contributed by atoms with E-state index in [0.29, 0.717) is 12.1 Å². The van der Waals surface area contributed by atoms with Crippen LogP contribution >= 0.6 is 0 Å². The van der Waals surface area contributed by atoms with E-state index < -0.39 is 11.9 Å². The molecular weight excluding hydrogens is 294 g/mol. The van der Waals surface area contributed by atoms with E-state index in [4.69, 9.17) is 4.74 Å². The third kappa shape index (κ3) is 4.32. The fraction of sp³-hybridized carbons (Fsp3) is 0.222. The second kappa shape index (κ2) is 7.45. The maximum Gasteiger partial charge on any atom is 0.309 e. The molecule has 2 aromatic carbocycles. The monoisotopic (exact) mass is 313 g/mol. The average Bonchev–Trinajstić information content (AvgIpc) is 2.53. The van der Waals surface area contributed by atoms with Crippen LogP contribution in [0.3, 0.4) is 0 Å². The molecule has 0 bridgehead atoms. The molecule has 2 N–H and O–H groups in total. The topological polar surface area (TPSA) is 75.6 Å². The minimum Gasteiger partial charge on any atom is -0.508 e. The number of phenolic OH excluding ortho intramolecular Hbond substituents is 1. The van der Waals surface area contributed by atoms with Gasteiger partial charge in [0, 0.05) is 12.1 Å². The summed E-state index contributed by atoms with van der Waals surface area (Å²) in [5, 5.41) is 14.1. The van der Waals surface area contributed by atoms with Crippen LogP contribution in [0.25, 0.3) is 10.8 Å². The zero-order valence-electron chi connectivity index (χ0n) is 12.9. The van der Waals surface area contributed by atoms with Crippen molar-refractivity contribution in [2.75, 3.05) is 12.4 Å². The molecule has 0 saturated carbocycles. The van der Waals surface area contributed by atoms with Crippen LogP contribution in [-0.2, 0) is 14.3 Å². The zero-order valence-corrected chi connectivity index (χ0v) is 12.9. The summed E-state index contributed by atoms with van der Waals surface area (Å²) in [4.78, 5) is 23.7. The highest BCUT2D eigenvalue weighted by atomic mass is 16.5. The van der Waals surface area contributed by atoms with Crippen molar-refractivity contribution in [1.29, 1.82) is 0 Å². The molecule has 0 aliphatic carbocycles. The Kier molecular flexibility index (Phi) is 5.36. The van der Waals surface area contributed by atoms with Gasteiger partial charge in [0.05, 0.1) is 13.0 Å². The molecule has 1 amide bonds. The summed E-state index contributed by atoms with van der Waals surface area (Å²) in [6, 6.07) is 10.4. The van der Waals surface area contributed by atoms with Crippen molar-refractivity contribution in [2.24, 2.45) is 5.92 Å². The summed E-state index contributed by atoms with van der Waals surface area (Å²) in [6.45, 7) is 3.59. The first-order chi connectivity index (χ1) is 11.0. The first-order valence-corrected chi connectivity index (χ1v) is 7.25. The number of amides is 1. The molecule has 5 heteroatoms. The summed E-state index contributed by atoms with van der Waals surface area (Å²) >= 11 is 0. The fourth-order valence-corrected chi connectivity index (χ4v) is 2.38. The molecule has 2 aromatic rings. The van der Waals surface area contributed by atoms with Gasteiger partial charge in [0.1, 0.15) is 5.75 Å². The molecule has 0 aromatic heterocycles. The highest BCUT2D eigenvalue weighted by Gasteiger charge is 2.21. The van der Waals surface area contributed by atoms with Gasteiger partial charge in [-0.3, -0.25) is 9.59 Å². The number of carbonyl (C=O) groups is 2. The Hall–Kier alpha value is -2.82. The maximum absolute atomic E-state index is 12.1. The Morgan fingerprint density at radius 3 is 2.70 bits per heavy atom. The van der Waals surface area contributed by atoms with Crippen molar-refractivity contribution < 1.29 is 19.4 Å². The van der Waals surface area contributed by atoms with Crippen LogP contribution in [0.4, 0.5) is 5.69 Å². The van der Waals surface area contributed by atoms with Crippen LogP contribution in [-0.4, -0.2) is 24.1 Å². The summed E-state index contributed by atoms with van der Waals surface area (Å²) in [5.74, 6) is -1.08. The second-order valence-electron chi connectivity index (χ2n) is 5.24. The molecule has 0 fully saturated rings. The minimum atomic E-state index is -0.540. The third-order valence-electron chi connectivity index (χ3n) is 3.53. The van der Waals surface area contributed by atoms with E-state index in [-0.39, 0.29) is 18.1 Å². The van der Waals surface area contributed by atoms with Gasteiger partial charge in [-0.2, -0.15) is 0 Å². The van der Waals surface area contributed by atoms with Crippen molar-refractivity contribution in [2.45, 2.75) is 12.8 Å². The lowest BCUT2D eigenvalue weighted by atomic mass is 10.0. The molecule has 5 nitrogen and oxygen atoms in total. The lowest BCUT2D eigenvalue weighted by Crippen LogP contribution is -2.23. The quantitative estimate of drug-likeness (QED) is 0.634. The van der Waals surface area contributed by atoms with Crippen LogP contribution in [0, 0.1) is 5.92 Å². The standard InChI is InChI=1S/C18H19NO4/c1-3-4-13(18(22)23-2)11-17(21)19-15-7-5-12-6-8-16(20)10-14(12)9-15/h3,5-10,13,20H,1,4,11H2,2H3,(H,19,21). The van der Waals surface area contributed by atoms with Crippen molar-refractivity contribution in [3.05, 3.63) is 49.1 Å². The number of methoxy groups -OCH3 is 1. The summed E-state index contributed by atoms with van der Waals surface area (Å²) in [7, 11) is 1.30. The van der Waals surface area contributed by atoms with E-state index >= 15 is 0 Å². The number of hydrogen-bond acceptors (Lipinski definition) is 4. The number of benzene rings is 2. The Labute approximate surface area is 134 Å². The SMILES string of the molecule is C=CCC(CC(=O)Nc1ccc2ccc(O)cc2c1)C(=O)OC. The molecule has 2 rings (SSSR count). The van der Waals surface area contributed by atoms with E-state index in [1.165, 1.54) is 7.11 Å². The van der Waals surface area contributed by atoms with E-state index in [1.807, 2.05) is 6.07 Å². The van der Waals surface area contributed by atoms with E-state index in [2.05, 4.69) is 11.9 Å². The van der Waals surface area contributed by atoms with Crippen LogP contribution < -0.4 is 5.32 Å². The lowest BCUT2D eigenvalue weighted by molar-refractivity contribution is -0.146. The Morgan fingerprint density at radius 2 is 2.00 bits per heavy atom. The molecule has 23 heavy (non-hydrogen) atoms. The summed E-state index contributed by atoms with van der Waals surface area (Å²) in [5.41, 5.74) is 0.607. The largest absolute Gasteiger partial charge is 0.508 e. The van der Waals surface area contributed by atoms with Crippen molar-refractivity contribution in [3.63, 3.8) is 0 Å². The van der Waals surface area contributed by atoms with Crippen molar-refractivity contribution in [3.8, 4) is 5.75 Å². The summed E-state index contributed by atoms with van der Waals surface area (Å²) < 4.78 is 4.69. The smallest absolute Gasteiger partial charge is 0.309 e. The third-order valence-corrected chi connectivity index (χ3v) is 3.53. The lowest BCUT2D eigenvalue weighted by Gasteiger charge is -2.13.